The second-order valence-electron chi connectivity index (χ2n) is 3.17. The van der Waals surface area contributed by atoms with E-state index in [1.165, 1.54) is 25.3 Å². The fourth-order valence-corrected chi connectivity index (χ4v) is 1.30. The number of nitrogens with zero attached hydrogens (tertiary/aromatic N) is 2. The predicted molar refractivity (Wildman–Crippen MR) is 58.4 cm³/mol. The second kappa shape index (κ2) is 4.14. The normalized spacial score (nSPS) is 10.1. The van der Waals surface area contributed by atoms with Gasteiger partial charge in [0, 0.05) is 11.6 Å². The van der Waals surface area contributed by atoms with Crippen LogP contribution in [0.3, 0.4) is 0 Å². The van der Waals surface area contributed by atoms with E-state index < -0.39 is 0 Å². The third-order valence-electron chi connectivity index (χ3n) is 2.01. The Morgan fingerprint density at radius 2 is 2.06 bits per heavy atom. The summed E-state index contributed by atoms with van der Waals surface area (Å²) < 4.78 is 18.0. The fraction of sp³-hybridized carbons (Fsp3) is 0.0909. The Labute approximate surface area is 91.9 Å². The van der Waals surface area contributed by atoms with Crippen LogP contribution in [0.15, 0.2) is 30.3 Å². The van der Waals surface area contributed by atoms with E-state index >= 15 is 0 Å². The van der Waals surface area contributed by atoms with Gasteiger partial charge in [-0.25, -0.2) is 9.37 Å². The summed E-state index contributed by atoms with van der Waals surface area (Å²) in [4.78, 5) is 8.10. The molecule has 0 unspecified atom stereocenters. The van der Waals surface area contributed by atoms with E-state index in [2.05, 4.69) is 9.97 Å². The third-order valence-corrected chi connectivity index (χ3v) is 2.01. The zero-order valence-electron chi connectivity index (χ0n) is 8.64. The molecule has 2 aromatic rings. The van der Waals surface area contributed by atoms with Crippen LogP contribution in [-0.4, -0.2) is 17.1 Å². The molecule has 2 N–H and O–H groups in total. The van der Waals surface area contributed by atoms with Gasteiger partial charge in [0.15, 0.2) is 5.82 Å². The molecule has 82 valence electrons. The number of rotatable bonds is 2. The van der Waals surface area contributed by atoms with Gasteiger partial charge in [0.2, 0.25) is 5.88 Å². The molecule has 0 fully saturated rings. The molecule has 4 nitrogen and oxygen atoms in total. The molecule has 2 rings (SSSR count). The highest BCUT2D eigenvalue weighted by Crippen LogP contribution is 2.20. The van der Waals surface area contributed by atoms with Crippen LogP contribution >= 0.6 is 0 Å². The lowest BCUT2D eigenvalue weighted by Crippen LogP contribution is -1.98. The lowest BCUT2D eigenvalue weighted by atomic mass is 10.2. The molecule has 0 saturated carbocycles. The summed E-state index contributed by atoms with van der Waals surface area (Å²) in [6.07, 6.45) is 0. The summed E-state index contributed by atoms with van der Waals surface area (Å²) in [5, 5.41) is 0. The average Bonchev–Trinajstić information content (AvgIpc) is 2.28. The third kappa shape index (κ3) is 2.08. The number of nitrogen functional groups attached to an aromatic ring is 1. The first-order chi connectivity index (χ1) is 7.69. The van der Waals surface area contributed by atoms with Gasteiger partial charge in [-0.2, -0.15) is 4.98 Å². The molecule has 5 heteroatoms. The number of ether oxygens (including phenoxy) is 1. The molecule has 0 spiro atoms. The molecule has 1 heterocycles. The van der Waals surface area contributed by atoms with Gasteiger partial charge in [0.05, 0.1) is 7.11 Å². The van der Waals surface area contributed by atoms with E-state index in [4.69, 9.17) is 10.5 Å². The van der Waals surface area contributed by atoms with Gasteiger partial charge < -0.3 is 10.5 Å². The highest BCUT2D eigenvalue weighted by Gasteiger charge is 2.06. The SMILES string of the molecule is COc1cc(N)nc(-c2cccc(F)c2)n1. The van der Waals surface area contributed by atoms with Crippen molar-refractivity contribution in [2.24, 2.45) is 0 Å². The van der Waals surface area contributed by atoms with Gasteiger partial charge in [-0.15, -0.1) is 0 Å². The van der Waals surface area contributed by atoms with E-state index in [-0.39, 0.29) is 11.6 Å². The zero-order valence-corrected chi connectivity index (χ0v) is 8.64. The summed E-state index contributed by atoms with van der Waals surface area (Å²) in [6.45, 7) is 0. The summed E-state index contributed by atoms with van der Waals surface area (Å²) in [6, 6.07) is 7.49. The molecule has 0 saturated heterocycles. The summed E-state index contributed by atoms with van der Waals surface area (Å²) >= 11 is 0. The van der Waals surface area contributed by atoms with Crippen LogP contribution in [0.25, 0.3) is 11.4 Å². The Morgan fingerprint density at radius 1 is 1.25 bits per heavy atom. The van der Waals surface area contributed by atoms with Crippen molar-refractivity contribution in [3.05, 3.63) is 36.1 Å². The Morgan fingerprint density at radius 3 is 2.75 bits per heavy atom. The van der Waals surface area contributed by atoms with Gasteiger partial charge in [-0.1, -0.05) is 12.1 Å². The van der Waals surface area contributed by atoms with Gasteiger partial charge in [-0.05, 0) is 12.1 Å². The number of anilines is 1. The number of aromatic nitrogens is 2. The van der Waals surface area contributed by atoms with Crippen LogP contribution in [0.5, 0.6) is 5.88 Å². The topological polar surface area (TPSA) is 61.0 Å². The van der Waals surface area contributed by atoms with E-state index in [0.717, 1.165) is 0 Å². The highest BCUT2D eigenvalue weighted by atomic mass is 19.1. The number of hydrogen-bond acceptors (Lipinski definition) is 4. The van der Waals surface area contributed by atoms with Crippen LogP contribution in [0.1, 0.15) is 0 Å². The quantitative estimate of drug-likeness (QED) is 0.837. The molecule has 0 amide bonds. The van der Waals surface area contributed by atoms with Gasteiger partial charge in [-0.3, -0.25) is 0 Å². The van der Waals surface area contributed by atoms with Crippen LogP contribution < -0.4 is 10.5 Å². The number of nitrogens with two attached hydrogens (primary N) is 1. The maximum absolute atomic E-state index is 13.0. The molecule has 0 aliphatic rings. The molecule has 0 atom stereocenters. The largest absolute Gasteiger partial charge is 0.481 e. The first-order valence-corrected chi connectivity index (χ1v) is 4.63. The number of halogens is 1. The Bertz CT molecular complexity index is 516. The van der Waals surface area contributed by atoms with Crippen LogP contribution in [-0.2, 0) is 0 Å². The van der Waals surface area contributed by atoms with Crippen LogP contribution in [0.2, 0.25) is 0 Å². The molecular formula is C11H10FN3O. The van der Waals surface area contributed by atoms with Gasteiger partial charge >= 0.3 is 0 Å². The minimum Gasteiger partial charge on any atom is -0.481 e. The van der Waals surface area contributed by atoms with E-state index in [1.807, 2.05) is 0 Å². The predicted octanol–water partition coefficient (Wildman–Crippen LogP) is 1.87. The van der Waals surface area contributed by atoms with E-state index in [9.17, 15) is 4.39 Å². The van der Waals surface area contributed by atoms with Crippen LogP contribution in [0.4, 0.5) is 10.2 Å². The zero-order chi connectivity index (χ0) is 11.5. The minimum absolute atomic E-state index is 0.283. The molecule has 1 aromatic carbocycles. The molecule has 0 aliphatic heterocycles. The smallest absolute Gasteiger partial charge is 0.218 e. The summed E-state index contributed by atoms with van der Waals surface area (Å²) in [5.41, 5.74) is 6.15. The van der Waals surface area contributed by atoms with Crippen LogP contribution in [0, 0.1) is 5.82 Å². The minimum atomic E-state index is -0.345. The summed E-state index contributed by atoms with van der Waals surface area (Å²) in [5.74, 6) is 0.636. The van der Waals surface area contributed by atoms with Crippen molar-refractivity contribution < 1.29 is 9.13 Å². The van der Waals surface area contributed by atoms with Crippen molar-refractivity contribution in [2.75, 3.05) is 12.8 Å². The van der Waals surface area contributed by atoms with Crippen molar-refractivity contribution in [2.45, 2.75) is 0 Å². The first-order valence-electron chi connectivity index (χ1n) is 4.63. The van der Waals surface area contributed by atoms with Crippen molar-refractivity contribution >= 4 is 5.82 Å². The maximum atomic E-state index is 13.0. The molecule has 0 radical (unpaired) electrons. The lowest BCUT2D eigenvalue weighted by molar-refractivity contribution is 0.398. The second-order valence-corrected chi connectivity index (χ2v) is 3.17. The molecule has 0 aliphatic carbocycles. The molecule has 16 heavy (non-hydrogen) atoms. The van der Waals surface area contributed by atoms with Crippen molar-refractivity contribution in [3.8, 4) is 17.3 Å². The fourth-order valence-electron chi connectivity index (χ4n) is 1.30. The van der Waals surface area contributed by atoms with Crippen molar-refractivity contribution in [3.63, 3.8) is 0 Å². The number of hydrogen-bond donors (Lipinski definition) is 1. The average molecular weight is 219 g/mol. The maximum Gasteiger partial charge on any atom is 0.218 e. The Balaban J connectivity index is 2.51. The summed E-state index contributed by atoms with van der Waals surface area (Å²) in [7, 11) is 1.48. The van der Waals surface area contributed by atoms with E-state index in [1.54, 1.807) is 12.1 Å². The van der Waals surface area contributed by atoms with E-state index in [0.29, 0.717) is 17.3 Å². The van der Waals surface area contributed by atoms with Crippen molar-refractivity contribution in [1.29, 1.82) is 0 Å². The number of benzene rings is 1. The molecular weight excluding hydrogens is 209 g/mol. The Hall–Kier alpha value is -2.17. The standard InChI is InChI=1S/C11H10FN3O/c1-16-10-6-9(13)14-11(15-10)7-3-2-4-8(12)5-7/h2-6H,1H3,(H2,13,14,15). The number of methoxy groups -OCH3 is 1. The molecule has 0 bridgehead atoms. The molecule has 1 aromatic heterocycles. The first kappa shape index (κ1) is 10.4. The van der Waals surface area contributed by atoms with Gasteiger partial charge in [0.1, 0.15) is 11.6 Å². The van der Waals surface area contributed by atoms with Gasteiger partial charge in [0.25, 0.3) is 0 Å². The lowest BCUT2D eigenvalue weighted by Gasteiger charge is -2.04. The highest BCUT2D eigenvalue weighted by molar-refractivity contribution is 5.57. The van der Waals surface area contributed by atoms with Crippen molar-refractivity contribution in [1.82, 2.24) is 9.97 Å². The Kier molecular flexibility index (Phi) is 2.68. The monoisotopic (exact) mass is 219 g/mol.